The first-order chi connectivity index (χ1) is 9.72. The molecular formula is C14H18N4O2. The summed E-state index contributed by atoms with van der Waals surface area (Å²) in [6.07, 6.45) is 1.82. The molecule has 0 radical (unpaired) electrons. The van der Waals surface area contributed by atoms with Crippen molar-refractivity contribution in [2.75, 3.05) is 20.2 Å². The van der Waals surface area contributed by atoms with Gasteiger partial charge in [-0.15, -0.1) is 5.10 Å². The Morgan fingerprint density at radius 2 is 2.15 bits per heavy atom. The van der Waals surface area contributed by atoms with Crippen LogP contribution in [0.15, 0.2) is 30.5 Å². The molecule has 0 N–H and O–H groups in total. The quantitative estimate of drug-likeness (QED) is 0.835. The maximum absolute atomic E-state index is 5.95. The maximum atomic E-state index is 5.95. The number of aromatic nitrogens is 3. The number of rotatable bonds is 4. The molecule has 20 heavy (non-hydrogen) atoms. The molecule has 0 fully saturated rings. The van der Waals surface area contributed by atoms with Crippen LogP contribution in [0.25, 0.3) is 0 Å². The van der Waals surface area contributed by atoms with Crippen molar-refractivity contribution < 1.29 is 9.47 Å². The molecule has 1 atom stereocenters. The van der Waals surface area contributed by atoms with E-state index in [0.717, 1.165) is 30.3 Å². The van der Waals surface area contributed by atoms with Crippen LogP contribution in [0.2, 0.25) is 0 Å². The molecule has 0 bridgehead atoms. The van der Waals surface area contributed by atoms with Crippen LogP contribution in [0, 0.1) is 0 Å². The molecule has 1 aliphatic heterocycles. The second kappa shape index (κ2) is 5.50. The molecule has 0 spiro atoms. The van der Waals surface area contributed by atoms with E-state index in [4.69, 9.17) is 9.47 Å². The standard InChI is InChI=1S/C14H18N4O2/c1-17(8-11-7-15-16-18(11)2)9-12-10-19-13-5-3-4-6-14(13)20-12/h3-7,12H,8-10H2,1-2H3. The molecule has 3 rings (SSSR count). The summed E-state index contributed by atoms with van der Waals surface area (Å²) < 4.78 is 13.4. The molecule has 1 aromatic carbocycles. The molecule has 106 valence electrons. The average molecular weight is 274 g/mol. The van der Waals surface area contributed by atoms with Gasteiger partial charge in [0.05, 0.1) is 11.9 Å². The van der Waals surface area contributed by atoms with Gasteiger partial charge in [0.1, 0.15) is 12.7 Å². The van der Waals surface area contributed by atoms with Gasteiger partial charge in [-0.05, 0) is 19.2 Å². The van der Waals surface area contributed by atoms with E-state index in [0.29, 0.717) is 6.61 Å². The Labute approximate surface area is 117 Å². The van der Waals surface area contributed by atoms with Gasteiger partial charge < -0.3 is 9.47 Å². The number of aryl methyl sites for hydroxylation is 1. The summed E-state index contributed by atoms with van der Waals surface area (Å²) in [7, 11) is 3.95. The van der Waals surface area contributed by atoms with E-state index in [1.165, 1.54) is 0 Å². The topological polar surface area (TPSA) is 52.4 Å². The molecule has 0 amide bonds. The summed E-state index contributed by atoms with van der Waals surface area (Å²) in [4.78, 5) is 2.18. The second-order valence-corrected chi connectivity index (χ2v) is 5.04. The zero-order valence-corrected chi connectivity index (χ0v) is 11.7. The molecule has 1 aliphatic rings. The van der Waals surface area contributed by atoms with E-state index in [1.54, 1.807) is 10.9 Å². The zero-order chi connectivity index (χ0) is 13.9. The van der Waals surface area contributed by atoms with Gasteiger partial charge in [0.25, 0.3) is 0 Å². The van der Waals surface area contributed by atoms with Crippen molar-refractivity contribution in [1.29, 1.82) is 0 Å². The number of benzene rings is 1. The van der Waals surface area contributed by atoms with Gasteiger partial charge in [-0.25, -0.2) is 0 Å². The smallest absolute Gasteiger partial charge is 0.161 e. The van der Waals surface area contributed by atoms with Gasteiger partial charge >= 0.3 is 0 Å². The molecule has 0 saturated heterocycles. The lowest BCUT2D eigenvalue weighted by molar-refractivity contribution is 0.0633. The number of nitrogens with zero attached hydrogens (tertiary/aromatic N) is 4. The number of likely N-dealkylation sites (N-methyl/N-ethyl adjacent to an activating group) is 1. The minimum Gasteiger partial charge on any atom is -0.486 e. The van der Waals surface area contributed by atoms with Crippen LogP contribution in [-0.2, 0) is 13.6 Å². The van der Waals surface area contributed by atoms with Crippen LogP contribution in [0.1, 0.15) is 5.69 Å². The van der Waals surface area contributed by atoms with E-state index < -0.39 is 0 Å². The van der Waals surface area contributed by atoms with Crippen molar-refractivity contribution in [2.24, 2.45) is 7.05 Å². The van der Waals surface area contributed by atoms with Crippen molar-refractivity contribution in [1.82, 2.24) is 19.9 Å². The van der Waals surface area contributed by atoms with E-state index in [1.807, 2.05) is 31.3 Å². The van der Waals surface area contributed by atoms with Crippen LogP contribution >= 0.6 is 0 Å². The minimum absolute atomic E-state index is 0.0380. The van der Waals surface area contributed by atoms with Crippen LogP contribution in [0.5, 0.6) is 11.5 Å². The molecule has 6 heteroatoms. The lowest BCUT2D eigenvalue weighted by atomic mass is 10.2. The molecular weight excluding hydrogens is 256 g/mol. The third-order valence-electron chi connectivity index (χ3n) is 3.32. The van der Waals surface area contributed by atoms with Gasteiger partial charge in [-0.3, -0.25) is 9.58 Å². The molecule has 1 unspecified atom stereocenters. The summed E-state index contributed by atoms with van der Waals surface area (Å²) >= 11 is 0. The lowest BCUT2D eigenvalue weighted by Crippen LogP contribution is -2.39. The molecule has 2 aromatic rings. The highest BCUT2D eigenvalue weighted by molar-refractivity contribution is 5.40. The third-order valence-corrected chi connectivity index (χ3v) is 3.32. The predicted molar refractivity (Wildman–Crippen MR) is 73.7 cm³/mol. The highest BCUT2D eigenvalue weighted by Gasteiger charge is 2.22. The van der Waals surface area contributed by atoms with Gasteiger partial charge in [-0.1, -0.05) is 17.3 Å². The first-order valence-electron chi connectivity index (χ1n) is 6.63. The largest absolute Gasteiger partial charge is 0.486 e. The zero-order valence-electron chi connectivity index (χ0n) is 11.7. The second-order valence-electron chi connectivity index (χ2n) is 5.04. The fraction of sp³-hybridized carbons (Fsp3) is 0.429. The number of hydrogen-bond donors (Lipinski definition) is 0. The molecule has 0 aliphatic carbocycles. The molecule has 2 heterocycles. The number of fused-ring (bicyclic) bond motifs is 1. The first-order valence-corrected chi connectivity index (χ1v) is 6.63. The van der Waals surface area contributed by atoms with Gasteiger partial charge in [0.15, 0.2) is 11.5 Å². The monoisotopic (exact) mass is 274 g/mol. The Morgan fingerprint density at radius 3 is 2.90 bits per heavy atom. The van der Waals surface area contributed by atoms with Gasteiger partial charge in [-0.2, -0.15) is 0 Å². The fourth-order valence-electron chi connectivity index (χ4n) is 2.30. The molecule has 0 saturated carbocycles. The Bertz CT molecular complexity index is 584. The van der Waals surface area contributed by atoms with Crippen LogP contribution in [0.3, 0.4) is 0 Å². The number of para-hydroxylation sites is 2. The summed E-state index contributed by atoms with van der Waals surface area (Å²) in [5.41, 5.74) is 1.07. The Morgan fingerprint density at radius 1 is 1.35 bits per heavy atom. The highest BCUT2D eigenvalue weighted by Crippen LogP contribution is 2.30. The summed E-state index contributed by atoms with van der Waals surface area (Å²) in [6.45, 7) is 2.15. The van der Waals surface area contributed by atoms with Crippen LogP contribution in [0.4, 0.5) is 0 Å². The van der Waals surface area contributed by atoms with Gasteiger partial charge in [0.2, 0.25) is 0 Å². The third kappa shape index (κ3) is 2.75. The SMILES string of the molecule is CN(Cc1cnnn1C)CC1COc2ccccc2O1. The summed E-state index contributed by atoms with van der Waals surface area (Å²) in [5.74, 6) is 1.64. The molecule has 6 nitrogen and oxygen atoms in total. The van der Waals surface area contributed by atoms with Crippen LogP contribution < -0.4 is 9.47 Å². The normalized spacial score (nSPS) is 17.4. The van der Waals surface area contributed by atoms with Crippen molar-refractivity contribution in [3.05, 3.63) is 36.2 Å². The summed E-state index contributed by atoms with van der Waals surface area (Å²) in [6, 6.07) is 7.77. The van der Waals surface area contributed by atoms with Crippen molar-refractivity contribution in [3.63, 3.8) is 0 Å². The maximum Gasteiger partial charge on any atom is 0.161 e. The van der Waals surface area contributed by atoms with Crippen molar-refractivity contribution >= 4 is 0 Å². The highest BCUT2D eigenvalue weighted by atomic mass is 16.6. The van der Waals surface area contributed by atoms with E-state index in [-0.39, 0.29) is 6.10 Å². The predicted octanol–water partition coefficient (Wildman–Crippen LogP) is 1.09. The van der Waals surface area contributed by atoms with E-state index >= 15 is 0 Å². The molecule has 1 aromatic heterocycles. The average Bonchev–Trinajstić information content (AvgIpc) is 2.84. The Balaban J connectivity index is 1.58. The van der Waals surface area contributed by atoms with E-state index in [9.17, 15) is 0 Å². The number of ether oxygens (including phenoxy) is 2. The van der Waals surface area contributed by atoms with Crippen LogP contribution in [-0.4, -0.2) is 46.2 Å². The fourth-order valence-corrected chi connectivity index (χ4v) is 2.30. The number of hydrogen-bond acceptors (Lipinski definition) is 5. The van der Waals surface area contributed by atoms with Gasteiger partial charge in [0, 0.05) is 20.1 Å². The van der Waals surface area contributed by atoms with E-state index in [2.05, 4.69) is 22.3 Å². The van der Waals surface area contributed by atoms with Crippen molar-refractivity contribution in [3.8, 4) is 11.5 Å². The minimum atomic E-state index is 0.0380. The first kappa shape index (κ1) is 12.9. The van der Waals surface area contributed by atoms with Crippen molar-refractivity contribution in [2.45, 2.75) is 12.6 Å². The Hall–Kier alpha value is -2.08. The Kier molecular flexibility index (Phi) is 3.56. The summed E-state index contributed by atoms with van der Waals surface area (Å²) in [5, 5.41) is 7.81. The lowest BCUT2D eigenvalue weighted by Gasteiger charge is -2.29.